The molecule has 4 heteroatoms. The second-order valence-electron chi connectivity index (χ2n) is 3.01. The summed E-state index contributed by atoms with van der Waals surface area (Å²) in [4.78, 5) is 0. The number of halogens is 1. The standard InChI is InChI=1S/C13H14ClO2P/c1-3-8-12(9-4-2)15-17(14)16-13-10-6-5-7-11-13/h3-11H,1H2,2H3/b9-4-,12-8+. The molecule has 90 valence electrons. The van der Waals surface area contributed by atoms with Crippen molar-refractivity contribution in [2.45, 2.75) is 6.92 Å². The first-order valence-corrected chi connectivity index (χ1v) is 7.17. The molecular weight excluding hydrogens is 255 g/mol. The number of allylic oxidation sites excluding steroid dienone is 4. The first-order chi connectivity index (χ1) is 8.26. The molecule has 17 heavy (non-hydrogen) atoms. The van der Waals surface area contributed by atoms with Crippen LogP contribution >= 0.6 is 19.0 Å². The highest BCUT2D eigenvalue weighted by molar-refractivity contribution is 7.76. The summed E-state index contributed by atoms with van der Waals surface area (Å²) in [5, 5.41) is 0. The molecule has 0 spiro atoms. The molecule has 2 nitrogen and oxygen atoms in total. The van der Waals surface area contributed by atoms with Crippen LogP contribution in [0.4, 0.5) is 0 Å². The molecule has 0 aliphatic carbocycles. The summed E-state index contributed by atoms with van der Waals surface area (Å²) in [6.45, 7) is 5.50. The smallest absolute Gasteiger partial charge is 0.401 e. The van der Waals surface area contributed by atoms with Gasteiger partial charge in [0, 0.05) is 0 Å². The zero-order valence-corrected chi connectivity index (χ0v) is 11.2. The Labute approximate surface area is 108 Å². The maximum Gasteiger partial charge on any atom is 0.401 e. The summed E-state index contributed by atoms with van der Waals surface area (Å²) in [6.07, 6.45) is 7.02. The van der Waals surface area contributed by atoms with E-state index >= 15 is 0 Å². The molecule has 1 atom stereocenters. The Balaban J connectivity index is 2.56. The molecule has 0 saturated carbocycles. The minimum atomic E-state index is -1.51. The van der Waals surface area contributed by atoms with Crippen LogP contribution in [0.25, 0.3) is 0 Å². The average Bonchev–Trinajstić information content (AvgIpc) is 2.30. The molecule has 1 rings (SSSR count). The molecule has 0 saturated heterocycles. The van der Waals surface area contributed by atoms with Gasteiger partial charge in [0.05, 0.1) is 0 Å². The van der Waals surface area contributed by atoms with Crippen LogP contribution in [-0.2, 0) is 4.52 Å². The summed E-state index contributed by atoms with van der Waals surface area (Å²) in [6, 6.07) is 9.32. The van der Waals surface area contributed by atoms with Gasteiger partial charge in [-0.05, 0) is 42.4 Å². The Kier molecular flexibility index (Phi) is 6.46. The lowest BCUT2D eigenvalue weighted by atomic mass is 10.3. The summed E-state index contributed by atoms with van der Waals surface area (Å²) < 4.78 is 10.9. The number of hydrogen-bond acceptors (Lipinski definition) is 2. The second kappa shape index (κ2) is 7.94. The largest absolute Gasteiger partial charge is 0.427 e. The van der Waals surface area contributed by atoms with Crippen molar-refractivity contribution in [3.8, 4) is 5.75 Å². The molecule has 0 aliphatic rings. The Bertz CT molecular complexity index is 401. The molecule has 0 aromatic heterocycles. The van der Waals surface area contributed by atoms with Crippen molar-refractivity contribution in [1.29, 1.82) is 0 Å². The predicted octanol–water partition coefficient (Wildman–Crippen LogP) is 5.19. The van der Waals surface area contributed by atoms with Crippen LogP contribution in [0.2, 0.25) is 0 Å². The van der Waals surface area contributed by atoms with Gasteiger partial charge in [-0.15, -0.1) is 0 Å². The van der Waals surface area contributed by atoms with Gasteiger partial charge in [-0.1, -0.05) is 36.9 Å². The van der Waals surface area contributed by atoms with Gasteiger partial charge in [-0.2, -0.15) is 0 Å². The Morgan fingerprint density at radius 1 is 1.35 bits per heavy atom. The molecule has 0 amide bonds. The lowest BCUT2D eigenvalue weighted by molar-refractivity contribution is 0.434. The van der Waals surface area contributed by atoms with Crippen LogP contribution in [0.1, 0.15) is 6.92 Å². The van der Waals surface area contributed by atoms with E-state index in [1.807, 2.05) is 43.3 Å². The first-order valence-electron chi connectivity index (χ1n) is 5.08. The molecule has 0 heterocycles. The molecule has 0 fully saturated rings. The summed E-state index contributed by atoms with van der Waals surface area (Å²) in [5.74, 6) is 1.31. The number of rotatable bonds is 6. The number of para-hydroxylation sites is 1. The zero-order valence-electron chi connectivity index (χ0n) is 9.54. The van der Waals surface area contributed by atoms with Gasteiger partial charge in [0.25, 0.3) is 0 Å². The molecular formula is C13H14ClO2P. The van der Waals surface area contributed by atoms with Gasteiger partial charge in [0.2, 0.25) is 0 Å². The van der Waals surface area contributed by atoms with Crippen molar-refractivity contribution in [2.24, 2.45) is 0 Å². The third kappa shape index (κ3) is 5.58. The van der Waals surface area contributed by atoms with Crippen LogP contribution in [0.5, 0.6) is 5.75 Å². The third-order valence-electron chi connectivity index (χ3n) is 1.71. The minimum absolute atomic E-state index is 0.625. The van der Waals surface area contributed by atoms with E-state index in [1.165, 1.54) is 0 Å². The molecule has 0 radical (unpaired) electrons. The number of hydrogen-bond donors (Lipinski definition) is 0. The topological polar surface area (TPSA) is 18.5 Å². The van der Waals surface area contributed by atoms with Crippen LogP contribution in [-0.4, -0.2) is 0 Å². The summed E-state index contributed by atoms with van der Waals surface area (Å²) in [5.41, 5.74) is 0. The normalized spacial score (nSPS) is 13.4. The molecule has 0 bridgehead atoms. The highest BCUT2D eigenvalue weighted by atomic mass is 35.7. The molecule has 1 unspecified atom stereocenters. The molecule has 0 aliphatic heterocycles. The fourth-order valence-electron chi connectivity index (χ4n) is 1.06. The van der Waals surface area contributed by atoms with Crippen LogP contribution in [0, 0.1) is 0 Å². The predicted molar refractivity (Wildman–Crippen MR) is 74.0 cm³/mol. The highest BCUT2D eigenvalue weighted by Gasteiger charge is 2.10. The molecule has 0 N–H and O–H groups in total. The Morgan fingerprint density at radius 3 is 2.65 bits per heavy atom. The van der Waals surface area contributed by atoms with Crippen LogP contribution in [0.3, 0.4) is 0 Å². The van der Waals surface area contributed by atoms with Crippen LogP contribution in [0.15, 0.2) is 67.0 Å². The number of benzene rings is 1. The van der Waals surface area contributed by atoms with Crippen molar-refractivity contribution in [2.75, 3.05) is 0 Å². The quantitative estimate of drug-likeness (QED) is 0.401. The van der Waals surface area contributed by atoms with Crippen molar-refractivity contribution >= 4 is 19.0 Å². The Morgan fingerprint density at radius 2 is 2.06 bits per heavy atom. The van der Waals surface area contributed by atoms with E-state index in [1.54, 1.807) is 18.2 Å². The lowest BCUT2D eigenvalue weighted by Crippen LogP contribution is -1.87. The summed E-state index contributed by atoms with van der Waals surface area (Å²) >= 11 is 5.99. The van der Waals surface area contributed by atoms with Gasteiger partial charge in [-0.3, -0.25) is 0 Å². The Hall–Kier alpha value is -1.24. The fraction of sp³-hybridized carbons (Fsp3) is 0.0769. The summed E-state index contributed by atoms with van der Waals surface area (Å²) in [7, 11) is -1.51. The van der Waals surface area contributed by atoms with E-state index in [2.05, 4.69) is 6.58 Å². The van der Waals surface area contributed by atoms with E-state index in [0.29, 0.717) is 11.5 Å². The molecule has 1 aromatic rings. The third-order valence-corrected chi connectivity index (χ3v) is 2.83. The van der Waals surface area contributed by atoms with E-state index < -0.39 is 7.73 Å². The minimum Gasteiger partial charge on any atom is -0.427 e. The maximum absolute atomic E-state index is 5.99. The fourth-order valence-corrected chi connectivity index (χ4v) is 2.15. The van der Waals surface area contributed by atoms with Crippen molar-refractivity contribution in [1.82, 2.24) is 0 Å². The lowest BCUT2D eigenvalue weighted by Gasteiger charge is -2.12. The zero-order chi connectivity index (χ0) is 12.5. The van der Waals surface area contributed by atoms with Gasteiger partial charge in [-0.25, -0.2) is 0 Å². The van der Waals surface area contributed by atoms with E-state index in [0.717, 1.165) is 0 Å². The van der Waals surface area contributed by atoms with Crippen molar-refractivity contribution in [3.63, 3.8) is 0 Å². The highest BCUT2D eigenvalue weighted by Crippen LogP contribution is 2.46. The van der Waals surface area contributed by atoms with Gasteiger partial charge < -0.3 is 9.05 Å². The van der Waals surface area contributed by atoms with E-state index in [4.69, 9.17) is 20.3 Å². The van der Waals surface area contributed by atoms with E-state index in [9.17, 15) is 0 Å². The van der Waals surface area contributed by atoms with Crippen LogP contribution < -0.4 is 4.52 Å². The maximum atomic E-state index is 5.99. The van der Waals surface area contributed by atoms with Gasteiger partial charge in [0.1, 0.15) is 11.5 Å². The SMILES string of the molecule is C=C/C=C(\C=C/C)OP(Cl)Oc1ccccc1. The molecule has 1 aromatic carbocycles. The van der Waals surface area contributed by atoms with E-state index in [-0.39, 0.29) is 0 Å². The second-order valence-corrected chi connectivity index (χ2v) is 4.63. The van der Waals surface area contributed by atoms with Crippen molar-refractivity contribution in [3.05, 3.63) is 67.0 Å². The van der Waals surface area contributed by atoms with Crippen molar-refractivity contribution < 1.29 is 9.05 Å². The monoisotopic (exact) mass is 268 g/mol. The van der Waals surface area contributed by atoms with Gasteiger partial charge in [0.15, 0.2) is 0 Å². The first kappa shape index (κ1) is 13.8. The van der Waals surface area contributed by atoms with Gasteiger partial charge >= 0.3 is 7.73 Å². The average molecular weight is 269 g/mol.